The van der Waals surface area contributed by atoms with Crippen molar-refractivity contribution in [3.05, 3.63) is 82.2 Å². The molecule has 1 fully saturated rings. The molecule has 1 aliphatic carbocycles. The minimum Gasteiger partial charge on any atom is -0.393 e. The van der Waals surface area contributed by atoms with E-state index < -0.39 is 11.9 Å². The Hall–Kier alpha value is -3.99. The van der Waals surface area contributed by atoms with Crippen LogP contribution in [-0.2, 0) is 12.7 Å². The van der Waals surface area contributed by atoms with Crippen molar-refractivity contribution in [2.24, 2.45) is 0 Å². The molecule has 1 amide bonds. The molecule has 0 bridgehead atoms. The Morgan fingerprint density at radius 3 is 2.68 bits per heavy atom. The molecule has 5 rings (SSSR count). The van der Waals surface area contributed by atoms with E-state index in [2.05, 4.69) is 15.4 Å². The maximum atomic E-state index is 13.2. The minimum atomic E-state index is -4.60. The fourth-order valence-electron chi connectivity index (χ4n) is 4.66. The van der Waals surface area contributed by atoms with Crippen molar-refractivity contribution in [1.29, 1.82) is 0 Å². The number of alkyl halides is 3. The van der Waals surface area contributed by atoms with Gasteiger partial charge < -0.3 is 10.4 Å². The fourth-order valence-corrected chi connectivity index (χ4v) is 4.66. The summed E-state index contributed by atoms with van der Waals surface area (Å²) in [6.07, 6.45) is 0.309. The number of fused-ring (bicyclic) bond motifs is 1. The van der Waals surface area contributed by atoms with Crippen LogP contribution in [0.1, 0.15) is 47.3 Å². The fraction of sp³-hybridized carbons (Fsp3) is 0.308. The summed E-state index contributed by atoms with van der Waals surface area (Å²) in [5.74, 6) is -0.211. The van der Waals surface area contributed by atoms with Gasteiger partial charge in [-0.25, -0.2) is 4.98 Å². The molecule has 2 aromatic heterocycles. The van der Waals surface area contributed by atoms with Crippen molar-refractivity contribution in [2.75, 3.05) is 0 Å². The predicted octanol–water partition coefficient (Wildman–Crippen LogP) is 3.89. The molecule has 11 heteroatoms. The Kier molecular flexibility index (Phi) is 6.55. The molecule has 0 saturated heterocycles. The van der Waals surface area contributed by atoms with E-state index in [0.717, 1.165) is 24.6 Å². The van der Waals surface area contributed by atoms with Gasteiger partial charge in [-0.05, 0) is 61.1 Å². The zero-order valence-corrected chi connectivity index (χ0v) is 19.6. The van der Waals surface area contributed by atoms with Gasteiger partial charge in [-0.1, -0.05) is 18.2 Å². The summed E-state index contributed by atoms with van der Waals surface area (Å²) in [4.78, 5) is 30.1. The van der Waals surface area contributed by atoms with Crippen molar-refractivity contribution < 1.29 is 23.1 Å². The van der Waals surface area contributed by atoms with Crippen LogP contribution in [0.25, 0.3) is 22.0 Å². The topological polar surface area (TPSA) is 113 Å². The summed E-state index contributed by atoms with van der Waals surface area (Å²) in [6, 6.07) is 11.3. The maximum Gasteiger partial charge on any atom is 0.433 e. The first-order chi connectivity index (χ1) is 17.7. The number of rotatable bonds is 5. The van der Waals surface area contributed by atoms with Crippen molar-refractivity contribution in [2.45, 2.75) is 50.6 Å². The quantitative estimate of drug-likeness (QED) is 0.376. The van der Waals surface area contributed by atoms with E-state index in [0.29, 0.717) is 18.4 Å². The van der Waals surface area contributed by atoms with Crippen LogP contribution in [0.15, 0.2) is 59.8 Å². The van der Waals surface area contributed by atoms with Crippen molar-refractivity contribution in [1.82, 2.24) is 25.1 Å². The lowest BCUT2D eigenvalue weighted by Gasteiger charge is -2.26. The van der Waals surface area contributed by atoms with Crippen LogP contribution in [0.2, 0.25) is 0 Å². The lowest BCUT2D eigenvalue weighted by molar-refractivity contribution is -0.140. The van der Waals surface area contributed by atoms with E-state index >= 15 is 0 Å². The van der Waals surface area contributed by atoms with Gasteiger partial charge in [-0.3, -0.25) is 19.3 Å². The second-order valence-corrected chi connectivity index (χ2v) is 9.25. The Bertz CT molecular complexity index is 1500. The minimum absolute atomic E-state index is 0.0195. The van der Waals surface area contributed by atoms with Gasteiger partial charge in [0.1, 0.15) is 5.69 Å². The predicted molar refractivity (Wildman–Crippen MR) is 130 cm³/mol. The molecule has 2 aromatic carbocycles. The first kappa shape index (κ1) is 24.7. The van der Waals surface area contributed by atoms with E-state index in [-0.39, 0.29) is 52.2 Å². The third-order valence-electron chi connectivity index (χ3n) is 6.63. The van der Waals surface area contributed by atoms with E-state index in [4.69, 9.17) is 0 Å². The van der Waals surface area contributed by atoms with Gasteiger partial charge in [-0.2, -0.15) is 18.3 Å². The van der Waals surface area contributed by atoms with E-state index in [1.165, 1.54) is 29.1 Å². The molecule has 37 heavy (non-hydrogen) atoms. The Morgan fingerprint density at radius 2 is 1.92 bits per heavy atom. The lowest BCUT2D eigenvalue weighted by atomic mass is 9.93. The maximum absolute atomic E-state index is 13.2. The molecule has 192 valence electrons. The molecule has 0 unspecified atom stereocenters. The molecular weight excluding hydrogens is 487 g/mol. The van der Waals surface area contributed by atoms with Crippen LogP contribution in [0, 0.1) is 0 Å². The SMILES string of the molecule is O=C(N[C@H]1CC[C@@H](O)CC1)c1cccc(Cn2cnc3cc(-c4cn[nH]c4C(F)(F)F)ccc3c2=O)c1. The lowest BCUT2D eigenvalue weighted by Crippen LogP contribution is -2.38. The number of H-pyrrole nitrogens is 1. The molecule has 2 heterocycles. The van der Waals surface area contributed by atoms with Crippen LogP contribution < -0.4 is 10.9 Å². The summed E-state index contributed by atoms with van der Waals surface area (Å²) in [6.45, 7) is 0.167. The molecule has 0 aliphatic heterocycles. The van der Waals surface area contributed by atoms with Gasteiger partial charge >= 0.3 is 6.18 Å². The number of halogens is 3. The number of amides is 1. The van der Waals surface area contributed by atoms with Crippen LogP contribution in [-0.4, -0.2) is 42.9 Å². The highest BCUT2D eigenvalue weighted by Crippen LogP contribution is 2.35. The zero-order chi connectivity index (χ0) is 26.2. The highest BCUT2D eigenvalue weighted by molar-refractivity contribution is 5.94. The van der Waals surface area contributed by atoms with Crippen LogP contribution in [0.5, 0.6) is 0 Å². The van der Waals surface area contributed by atoms with Gasteiger partial charge in [0.05, 0.1) is 36.1 Å². The second-order valence-electron chi connectivity index (χ2n) is 9.25. The standard InChI is InChI=1S/C26H24F3N5O3/c27-26(28,29)23-21(12-31-33-23)16-4-9-20-22(11-16)30-14-34(25(20)37)13-15-2-1-3-17(10-15)24(36)32-18-5-7-19(35)8-6-18/h1-4,9-12,14,18-19,35H,5-8,13H2,(H,31,33)(H,32,36)/t18-,19+. The second kappa shape index (κ2) is 9.81. The summed E-state index contributed by atoms with van der Waals surface area (Å²) < 4.78 is 41.1. The number of carbonyl (C=O) groups excluding carboxylic acids is 1. The number of hydrogen-bond acceptors (Lipinski definition) is 5. The molecule has 3 N–H and O–H groups in total. The molecule has 1 saturated carbocycles. The van der Waals surface area contributed by atoms with Crippen molar-refractivity contribution in [3.8, 4) is 11.1 Å². The van der Waals surface area contributed by atoms with Gasteiger partial charge in [0.15, 0.2) is 0 Å². The largest absolute Gasteiger partial charge is 0.433 e. The summed E-state index contributed by atoms with van der Waals surface area (Å²) >= 11 is 0. The number of nitrogens with one attached hydrogen (secondary N) is 2. The number of aromatic amines is 1. The number of carbonyl (C=O) groups is 1. The van der Waals surface area contributed by atoms with Crippen LogP contribution in [0.3, 0.4) is 0 Å². The highest BCUT2D eigenvalue weighted by Gasteiger charge is 2.36. The molecule has 8 nitrogen and oxygen atoms in total. The highest BCUT2D eigenvalue weighted by atomic mass is 19.4. The Balaban J connectivity index is 1.36. The summed E-state index contributed by atoms with van der Waals surface area (Å²) in [5.41, 5.74) is 0.249. The summed E-state index contributed by atoms with van der Waals surface area (Å²) in [7, 11) is 0. The van der Waals surface area contributed by atoms with Crippen LogP contribution in [0.4, 0.5) is 13.2 Å². The summed E-state index contributed by atoms with van der Waals surface area (Å²) in [5, 5.41) is 18.4. The first-order valence-corrected chi connectivity index (χ1v) is 11.9. The average molecular weight is 512 g/mol. The number of aliphatic hydroxyl groups is 1. The monoisotopic (exact) mass is 511 g/mol. The van der Waals surface area contributed by atoms with Crippen LogP contribution >= 0.6 is 0 Å². The molecule has 0 atom stereocenters. The van der Waals surface area contributed by atoms with Gasteiger partial charge in [0, 0.05) is 17.2 Å². The number of aromatic nitrogens is 4. The molecule has 4 aromatic rings. The van der Waals surface area contributed by atoms with Crippen molar-refractivity contribution in [3.63, 3.8) is 0 Å². The smallest absolute Gasteiger partial charge is 0.393 e. The van der Waals surface area contributed by atoms with E-state index in [1.54, 1.807) is 24.3 Å². The third kappa shape index (κ3) is 5.26. The van der Waals surface area contributed by atoms with Gasteiger partial charge in [-0.15, -0.1) is 0 Å². The molecule has 0 radical (unpaired) electrons. The number of hydrogen-bond donors (Lipinski definition) is 3. The third-order valence-corrected chi connectivity index (χ3v) is 6.63. The van der Waals surface area contributed by atoms with Gasteiger partial charge in [0.2, 0.25) is 0 Å². The van der Waals surface area contributed by atoms with E-state index in [9.17, 15) is 27.9 Å². The molecular formula is C26H24F3N5O3. The first-order valence-electron chi connectivity index (χ1n) is 11.9. The number of aliphatic hydroxyl groups excluding tert-OH is 1. The molecule has 1 aliphatic rings. The van der Waals surface area contributed by atoms with Crippen molar-refractivity contribution >= 4 is 16.8 Å². The number of benzene rings is 2. The number of nitrogens with zero attached hydrogens (tertiary/aromatic N) is 3. The zero-order valence-electron chi connectivity index (χ0n) is 19.6. The average Bonchev–Trinajstić information content (AvgIpc) is 3.38. The Morgan fingerprint density at radius 1 is 1.14 bits per heavy atom. The van der Waals surface area contributed by atoms with Gasteiger partial charge in [0.25, 0.3) is 11.5 Å². The van der Waals surface area contributed by atoms with E-state index in [1.807, 2.05) is 5.10 Å². The normalized spacial score (nSPS) is 18.2. The molecule has 0 spiro atoms. The Labute approximate surface area is 209 Å².